The van der Waals surface area contributed by atoms with E-state index < -0.39 is 38.7 Å². The lowest BCUT2D eigenvalue weighted by Gasteiger charge is -2.31. The van der Waals surface area contributed by atoms with Crippen LogP contribution in [0.3, 0.4) is 0 Å². The maximum Gasteiger partial charge on any atom is 0.319 e. The Morgan fingerprint density at radius 2 is 1.37 bits per heavy atom. The molecule has 0 amide bonds. The van der Waals surface area contributed by atoms with Crippen molar-refractivity contribution in [2.24, 2.45) is 5.41 Å². The number of rotatable bonds is 10. The summed E-state index contributed by atoms with van der Waals surface area (Å²) < 4.78 is 31.6. The van der Waals surface area contributed by atoms with Crippen molar-refractivity contribution in [2.45, 2.75) is 88.7 Å². The van der Waals surface area contributed by atoms with Crippen LogP contribution in [0.15, 0.2) is 58.3 Å². The minimum atomic E-state index is -3.75. The molecule has 0 bridgehead atoms. The molecule has 0 aliphatic carbocycles. The lowest BCUT2D eigenvalue weighted by molar-refractivity contribution is -0.287. The normalized spacial score (nSPS) is 15.7. The van der Waals surface area contributed by atoms with Gasteiger partial charge in [0.15, 0.2) is 0 Å². The fourth-order valence-electron chi connectivity index (χ4n) is 3.56. The van der Waals surface area contributed by atoms with E-state index in [0.29, 0.717) is 11.5 Å². The van der Waals surface area contributed by atoms with Crippen molar-refractivity contribution < 1.29 is 32.9 Å². The van der Waals surface area contributed by atoms with Gasteiger partial charge in [0.1, 0.15) is 22.9 Å². The summed E-state index contributed by atoms with van der Waals surface area (Å²) in [5, 5.41) is 9.56. The highest BCUT2D eigenvalue weighted by Gasteiger charge is 2.44. The monoisotopic (exact) mass is 504 g/mol. The molecule has 7 nitrogen and oxygen atoms in total. The van der Waals surface area contributed by atoms with Crippen molar-refractivity contribution in [3.8, 4) is 0 Å². The largest absolute Gasteiger partial charge is 0.459 e. The van der Waals surface area contributed by atoms with E-state index in [4.69, 9.17) is 4.74 Å². The quantitative estimate of drug-likeness (QED) is 0.186. The molecule has 0 fully saturated rings. The van der Waals surface area contributed by atoms with Crippen molar-refractivity contribution in [3.05, 3.63) is 59.7 Å². The molecule has 35 heavy (non-hydrogen) atoms. The average molecular weight is 505 g/mol. The number of hydrogen-bond donors (Lipinski definition) is 1. The number of benzene rings is 2. The zero-order valence-electron chi connectivity index (χ0n) is 21.5. The summed E-state index contributed by atoms with van der Waals surface area (Å²) in [6, 6.07) is 12.7. The number of hydrogen-bond acceptors (Lipinski definition) is 7. The minimum Gasteiger partial charge on any atom is -0.459 e. The molecule has 1 N–H and O–H groups in total. The van der Waals surface area contributed by atoms with Crippen LogP contribution in [0.25, 0.3) is 0 Å². The molecular weight excluding hydrogens is 468 g/mol. The van der Waals surface area contributed by atoms with Crippen LogP contribution < -0.4 is 0 Å². The van der Waals surface area contributed by atoms with Crippen LogP contribution in [-0.2, 0) is 29.1 Å². The first-order chi connectivity index (χ1) is 16.2. The molecule has 3 unspecified atom stereocenters. The van der Waals surface area contributed by atoms with E-state index in [9.17, 15) is 23.3 Å². The number of carbonyl (C=O) groups excluding carboxylic acids is 2. The highest BCUT2D eigenvalue weighted by atomic mass is 32.2. The van der Waals surface area contributed by atoms with Crippen LogP contribution in [-0.4, -0.2) is 31.0 Å². The fraction of sp³-hybridized carbons (Fsp3) is 0.481. The number of sulfone groups is 1. The number of ketones is 1. The summed E-state index contributed by atoms with van der Waals surface area (Å²) >= 11 is 0. The molecule has 0 aromatic heterocycles. The van der Waals surface area contributed by atoms with Crippen LogP contribution in [0.1, 0.15) is 84.5 Å². The molecule has 0 spiro atoms. The molecule has 3 atom stereocenters. The molecule has 0 heterocycles. The summed E-state index contributed by atoms with van der Waals surface area (Å²) in [6.07, 6.45) is -0.280. The predicted molar refractivity (Wildman–Crippen MR) is 133 cm³/mol. The van der Waals surface area contributed by atoms with Crippen LogP contribution in [0.4, 0.5) is 0 Å². The van der Waals surface area contributed by atoms with Gasteiger partial charge in [-0.15, -0.1) is 0 Å². The highest BCUT2D eigenvalue weighted by Crippen LogP contribution is 2.36. The van der Waals surface area contributed by atoms with Gasteiger partial charge in [-0.05, 0) is 82.3 Å². The third-order valence-corrected chi connectivity index (χ3v) is 8.07. The number of ether oxygens (including phenoxy) is 1. The molecule has 0 aliphatic rings. The van der Waals surface area contributed by atoms with Crippen LogP contribution in [0.5, 0.6) is 0 Å². The van der Waals surface area contributed by atoms with Gasteiger partial charge in [-0.2, -0.15) is 0 Å². The van der Waals surface area contributed by atoms with Gasteiger partial charge < -0.3 is 4.74 Å². The standard InChI is InChI=1S/C27H36O7S/c1-8-18(2)20-9-13-22(14-10-20)35(31,32)23-15-11-21(12-16-23)24(34-30)17-27(7,19(3)28)25(29)33-26(4,5)6/h9-16,18,24,30H,8,17H2,1-7H3. The maximum absolute atomic E-state index is 13.1. The van der Waals surface area contributed by atoms with E-state index in [1.807, 2.05) is 12.1 Å². The van der Waals surface area contributed by atoms with E-state index in [2.05, 4.69) is 18.7 Å². The summed E-state index contributed by atoms with van der Waals surface area (Å²) in [7, 11) is -3.75. The second-order valence-corrected chi connectivity index (χ2v) is 12.1. The second-order valence-electron chi connectivity index (χ2n) is 10.1. The average Bonchev–Trinajstić information content (AvgIpc) is 2.80. The molecule has 2 aromatic rings. The Balaban J connectivity index is 2.30. The highest BCUT2D eigenvalue weighted by molar-refractivity contribution is 7.91. The van der Waals surface area contributed by atoms with Gasteiger partial charge in [0, 0.05) is 6.42 Å². The zero-order valence-corrected chi connectivity index (χ0v) is 22.3. The topological polar surface area (TPSA) is 107 Å². The Morgan fingerprint density at radius 1 is 0.914 bits per heavy atom. The van der Waals surface area contributed by atoms with Gasteiger partial charge in [-0.3, -0.25) is 14.8 Å². The summed E-state index contributed by atoms with van der Waals surface area (Å²) in [5.74, 6) is -0.823. The molecule has 0 radical (unpaired) electrons. The summed E-state index contributed by atoms with van der Waals surface area (Å²) in [5.41, 5.74) is -0.882. The smallest absolute Gasteiger partial charge is 0.319 e. The predicted octanol–water partition coefficient (Wildman–Crippen LogP) is 5.89. The summed E-state index contributed by atoms with van der Waals surface area (Å²) in [6.45, 7) is 12.0. The van der Waals surface area contributed by atoms with Crippen LogP contribution >= 0.6 is 0 Å². The molecule has 2 rings (SSSR count). The first-order valence-corrected chi connectivity index (χ1v) is 13.1. The number of carbonyl (C=O) groups is 2. The van der Waals surface area contributed by atoms with Gasteiger partial charge in [0.2, 0.25) is 9.84 Å². The summed E-state index contributed by atoms with van der Waals surface area (Å²) in [4.78, 5) is 30.0. The van der Waals surface area contributed by atoms with Gasteiger partial charge in [-0.1, -0.05) is 38.1 Å². The lowest BCUT2D eigenvalue weighted by atomic mass is 9.79. The van der Waals surface area contributed by atoms with E-state index in [1.54, 1.807) is 32.9 Å². The Kier molecular flexibility index (Phi) is 9.03. The number of Topliss-reactive ketones (excluding diaryl/α,β-unsaturated/α-hetero) is 1. The van der Waals surface area contributed by atoms with Gasteiger partial charge in [0.05, 0.1) is 9.79 Å². The Labute approximate surface area is 208 Å². The molecule has 0 saturated heterocycles. The fourth-order valence-corrected chi connectivity index (χ4v) is 4.82. The molecule has 2 aromatic carbocycles. The Morgan fingerprint density at radius 3 is 1.74 bits per heavy atom. The Bertz CT molecular complexity index is 1130. The SMILES string of the molecule is CCC(C)c1ccc(S(=O)(=O)c2ccc(C(CC(C)(C(C)=O)C(=O)OC(C)(C)C)OO)cc2)cc1. The molecular formula is C27H36O7S. The second kappa shape index (κ2) is 11.0. The van der Waals surface area contributed by atoms with Crippen molar-refractivity contribution >= 4 is 21.6 Å². The zero-order chi connectivity index (χ0) is 26.6. The lowest BCUT2D eigenvalue weighted by Crippen LogP contribution is -2.41. The van der Waals surface area contributed by atoms with Gasteiger partial charge in [-0.25, -0.2) is 13.3 Å². The number of esters is 1. The molecule has 8 heteroatoms. The Hall–Kier alpha value is -2.55. The van der Waals surface area contributed by atoms with Gasteiger partial charge in [0.25, 0.3) is 0 Å². The van der Waals surface area contributed by atoms with E-state index in [1.165, 1.54) is 38.1 Å². The third kappa shape index (κ3) is 6.78. The van der Waals surface area contributed by atoms with Crippen LogP contribution in [0, 0.1) is 5.41 Å². The first-order valence-electron chi connectivity index (χ1n) is 11.7. The van der Waals surface area contributed by atoms with Crippen molar-refractivity contribution in [2.75, 3.05) is 0 Å². The maximum atomic E-state index is 13.1. The molecule has 0 saturated carbocycles. The van der Waals surface area contributed by atoms with E-state index in [-0.39, 0.29) is 16.2 Å². The van der Waals surface area contributed by atoms with Crippen molar-refractivity contribution in [3.63, 3.8) is 0 Å². The van der Waals surface area contributed by atoms with E-state index >= 15 is 0 Å². The molecule has 192 valence electrons. The third-order valence-electron chi connectivity index (χ3n) is 6.28. The van der Waals surface area contributed by atoms with Crippen LogP contribution in [0.2, 0.25) is 0 Å². The van der Waals surface area contributed by atoms with E-state index in [0.717, 1.165) is 12.0 Å². The first kappa shape index (κ1) is 28.7. The van der Waals surface area contributed by atoms with Crippen molar-refractivity contribution in [1.29, 1.82) is 0 Å². The minimum absolute atomic E-state index is 0.0794. The van der Waals surface area contributed by atoms with Gasteiger partial charge >= 0.3 is 5.97 Å². The van der Waals surface area contributed by atoms with Crippen molar-refractivity contribution in [1.82, 2.24) is 0 Å². The molecule has 0 aliphatic heterocycles.